The van der Waals surface area contributed by atoms with E-state index in [0.717, 1.165) is 10.4 Å². The molecule has 3 aromatic rings. The van der Waals surface area contributed by atoms with E-state index in [2.05, 4.69) is 10.6 Å². The number of nitrogens with one attached hydrogen (secondary N) is 2. The molecule has 1 aromatic heterocycles. The molecule has 0 fully saturated rings. The van der Waals surface area contributed by atoms with E-state index < -0.39 is 11.3 Å². The van der Waals surface area contributed by atoms with E-state index in [4.69, 9.17) is 19.5 Å². The summed E-state index contributed by atoms with van der Waals surface area (Å²) in [6, 6.07) is 15.9. The quantitative estimate of drug-likeness (QED) is 0.374. The normalized spacial score (nSPS) is 17.3. The second kappa shape index (κ2) is 11.8. The molecule has 41 heavy (non-hydrogen) atoms. The third kappa shape index (κ3) is 5.70. The van der Waals surface area contributed by atoms with Gasteiger partial charge in [0.15, 0.2) is 16.7 Å². The van der Waals surface area contributed by atoms with Crippen molar-refractivity contribution in [1.29, 1.82) is 0 Å². The van der Waals surface area contributed by atoms with Crippen molar-refractivity contribution in [3.63, 3.8) is 0 Å². The smallest absolute Gasteiger partial charge is 0.259 e. The average molecular weight is 590 g/mol. The van der Waals surface area contributed by atoms with Gasteiger partial charge >= 0.3 is 0 Å². The van der Waals surface area contributed by atoms with Gasteiger partial charge in [-0.05, 0) is 48.6 Å². The van der Waals surface area contributed by atoms with Crippen molar-refractivity contribution in [2.45, 2.75) is 44.0 Å². The van der Waals surface area contributed by atoms with Crippen molar-refractivity contribution in [3.05, 3.63) is 70.4 Å². The molecular formula is C29H27N5O5S2. The highest BCUT2D eigenvalue weighted by atomic mass is 32.2. The molecule has 0 unspecified atom stereocenters. The standard InChI is InChI=1S/C29H27N5O5S2/c1-2-24(27(36)31-17-9-11-22-23(14-17)39-16-38-22)41-29-33-20-8-4-3-7-19(20)26-32-21(28(37)34(26)29)10-12-25(35)30-15-18-6-5-13-40-18/h3-9,11,13-14,21,24H,2,10,12,15-16H2,1H3,(H,30,35)(H,31,36)/t21-,24+/m0/s1. The Hall–Kier alpha value is -4.16. The molecule has 0 saturated carbocycles. The number of anilines is 1. The molecule has 10 nitrogen and oxygen atoms in total. The minimum atomic E-state index is -0.711. The van der Waals surface area contributed by atoms with Gasteiger partial charge in [-0.2, -0.15) is 0 Å². The van der Waals surface area contributed by atoms with Crippen LogP contribution in [-0.4, -0.2) is 51.7 Å². The van der Waals surface area contributed by atoms with Crippen molar-refractivity contribution in [3.8, 4) is 11.5 Å². The SMILES string of the molecule is CC[C@@H](SC1=Nc2ccccc2C2=N[C@@H](CCC(=O)NCc3cccs3)C(=O)N12)C(=O)Nc1ccc2c(c1)OCO2. The Balaban J connectivity index is 1.16. The van der Waals surface area contributed by atoms with Gasteiger partial charge in [0.05, 0.1) is 17.5 Å². The lowest BCUT2D eigenvalue weighted by molar-refractivity contribution is -0.125. The van der Waals surface area contributed by atoms with Crippen LogP contribution in [0.25, 0.3) is 0 Å². The predicted octanol–water partition coefficient (Wildman–Crippen LogP) is 4.68. The Bertz CT molecular complexity index is 1550. The van der Waals surface area contributed by atoms with Gasteiger partial charge in [0.1, 0.15) is 11.9 Å². The van der Waals surface area contributed by atoms with Gasteiger partial charge in [0.25, 0.3) is 5.91 Å². The maximum atomic E-state index is 13.6. The molecule has 210 valence electrons. The van der Waals surface area contributed by atoms with E-state index >= 15 is 0 Å². The summed E-state index contributed by atoms with van der Waals surface area (Å²) in [5.74, 6) is 1.10. The number of nitrogens with zero attached hydrogens (tertiary/aromatic N) is 3. The number of hydrogen-bond donors (Lipinski definition) is 2. The Kier molecular flexibility index (Phi) is 7.75. The van der Waals surface area contributed by atoms with Crippen molar-refractivity contribution in [1.82, 2.24) is 10.2 Å². The number of hydrogen-bond acceptors (Lipinski definition) is 9. The van der Waals surface area contributed by atoms with Crippen molar-refractivity contribution in [2.75, 3.05) is 12.1 Å². The summed E-state index contributed by atoms with van der Waals surface area (Å²) >= 11 is 2.80. The van der Waals surface area contributed by atoms with E-state index in [-0.39, 0.29) is 37.4 Å². The third-order valence-corrected chi connectivity index (χ3v) is 8.98. The Morgan fingerprint density at radius 2 is 2.00 bits per heavy atom. The van der Waals surface area contributed by atoms with E-state index in [1.54, 1.807) is 29.5 Å². The first kappa shape index (κ1) is 27.0. The average Bonchev–Trinajstić information content (AvgIpc) is 3.74. The number of amidine groups is 2. The molecule has 3 amide bonds. The van der Waals surface area contributed by atoms with Gasteiger partial charge in [-0.3, -0.25) is 19.4 Å². The summed E-state index contributed by atoms with van der Waals surface area (Å²) in [5, 5.41) is 7.67. The Morgan fingerprint density at radius 3 is 2.83 bits per heavy atom. The van der Waals surface area contributed by atoms with E-state index in [1.807, 2.05) is 48.7 Å². The minimum absolute atomic E-state index is 0.133. The summed E-state index contributed by atoms with van der Waals surface area (Å²) in [6.45, 7) is 2.52. The largest absolute Gasteiger partial charge is 0.454 e. The lowest BCUT2D eigenvalue weighted by atomic mass is 10.1. The van der Waals surface area contributed by atoms with E-state index in [1.165, 1.54) is 16.7 Å². The van der Waals surface area contributed by atoms with E-state index in [9.17, 15) is 14.4 Å². The summed E-state index contributed by atoms with van der Waals surface area (Å²) in [4.78, 5) is 51.5. The zero-order chi connectivity index (χ0) is 28.3. The van der Waals surface area contributed by atoms with Crippen molar-refractivity contribution >= 4 is 63.2 Å². The number of carbonyl (C=O) groups is 3. The number of thiophene rings is 1. The summed E-state index contributed by atoms with van der Waals surface area (Å²) in [7, 11) is 0. The Labute approximate surface area is 244 Å². The lowest BCUT2D eigenvalue weighted by Crippen LogP contribution is -2.42. The molecule has 0 bridgehead atoms. The van der Waals surface area contributed by atoms with Crippen LogP contribution in [0.2, 0.25) is 0 Å². The van der Waals surface area contributed by atoms with Crippen LogP contribution in [0.1, 0.15) is 36.6 Å². The molecule has 0 aliphatic carbocycles. The molecule has 0 saturated heterocycles. The first-order valence-corrected chi connectivity index (χ1v) is 15.0. The van der Waals surface area contributed by atoms with Crippen LogP contribution in [0.5, 0.6) is 11.5 Å². The lowest BCUT2D eigenvalue weighted by Gasteiger charge is -2.27. The second-order valence-corrected chi connectivity index (χ2v) is 11.7. The highest BCUT2D eigenvalue weighted by Crippen LogP contribution is 2.37. The number of fused-ring (bicyclic) bond motifs is 4. The number of rotatable bonds is 9. The first-order valence-electron chi connectivity index (χ1n) is 13.3. The molecule has 2 atom stereocenters. The van der Waals surface area contributed by atoms with Gasteiger partial charge in [-0.15, -0.1) is 11.3 Å². The maximum Gasteiger partial charge on any atom is 0.259 e. The van der Waals surface area contributed by atoms with Gasteiger partial charge in [0.2, 0.25) is 18.6 Å². The molecule has 6 rings (SSSR count). The van der Waals surface area contributed by atoms with Crippen molar-refractivity contribution < 1.29 is 23.9 Å². The summed E-state index contributed by atoms with van der Waals surface area (Å²) in [6.07, 6.45) is 0.949. The molecule has 2 aromatic carbocycles. The second-order valence-electron chi connectivity index (χ2n) is 9.52. The van der Waals surface area contributed by atoms with Crippen LogP contribution >= 0.6 is 23.1 Å². The molecule has 3 aliphatic rings. The Morgan fingerprint density at radius 1 is 1.15 bits per heavy atom. The number of carbonyl (C=O) groups excluding carboxylic acids is 3. The number of thioether (sulfide) groups is 1. The fraction of sp³-hybridized carbons (Fsp3) is 0.276. The fourth-order valence-electron chi connectivity index (χ4n) is 4.67. The number of aliphatic imine (C=N–C) groups is 2. The monoisotopic (exact) mass is 589 g/mol. The number of amides is 3. The van der Waals surface area contributed by atoms with Crippen LogP contribution in [0, 0.1) is 0 Å². The predicted molar refractivity (Wildman–Crippen MR) is 159 cm³/mol. The van der Waals surface area contributed by atoms with E-state index in [0.29, 0.717) is 46.8 Å². The van der Waals surface area contributed by atoms with Crippen LogP contribution in [0.15, 0.2) is 70.0 Å². The molecule has 3 aliphatic heterocycles. The maximum absolute atomic E-state index is 13.6. The molecule has 2 N–H and O–H groups in total. The van der Waals surface area contributed by atoms with Crippen molar-refractivity contribution in [2.24, 2.45) is 9.98 Å². The van der Waals surface area contributed by atoms with Crippen LogP contribution in [0.3, 0.4) is 0 Å². The van der Waals surface area contributed by atoms with Gasteiger partial charge < -0.3 is 20.1 Å². The zero-order valence-electron chi connectivity index (χ0n) is 22.2. The van der Waals surface area contributed by atoms with Gasteiger partial charge in [0, 0.05) is 28.6 Å². The highest BCUT2D eigenvalue weighted by Gasteiger charge is 2.42. The first-order chi connectivity index (χ1) is 20.0. The minimum Gasteiger partial charge on any atom is -0.454 e. The summed E-state index contributed by atoms with van der Waals surface area (Å²) in [5.41, 5.74) is 2.01. The topological polar surface area (TPSA) is 122 Å². The third-order valence-electron chi connectivity index (χ3n) is 6.78. The molecular weight excluding hydrogens is 562 g/mol. The fourth-order valence-corrected chi connectivity index (χ4v) is 6.34. The number of ether oxygens (including phenoxy) is 2. The number of para-hydroxylation sites is 1. The molecule has 0 radical (unpaired) electrons. The highest BCUT2D eigenvalue weighted by molar-refractivity contribution is 8.15. The van der Waals surface area contributed by atoms with Crippen LogP contribution < -0.4 is 20.1 Å². The van der Waals surface area contributed by atoms with Crippen LogP contribution in [-0.2, 0) is 20.9 Å². The van der Waals surface area contributed by atoms with Gasteiger partial charge in [-0.1, -0.05) is 36.9 Å². The number of benzene rings is 2. The molecule has 12 heteroatoms. The van der Waals surface area contributed by atoms with Crippen LogP contribution in [0.4, 0.5) is 11.4 Å². The van der Waals surface area contributed by atoms with Gasteiger partial charge in [-0.25, -0.2) is 9.89 Å². The summed E-state index contributed by atoms with van der Waals surface area (Å²) < 4.78 is 10.8. The zero-order valence-corrected chi connectivity index (χ0v) is 23.8. The molecule has 0 spiro atoms. The molecule has 4 heterocycles.